The fourth-order valence-electron chi connectivity index (χ4n) is 1.81. The van der Waals surface area contributed by atoms with Crippen molar-refractivity contribution in [1.29, 1.82) is 0 Å². The van der Waals surface area contributed by atoms with Gasteiger partial charge in [-0.1, -0.05) is 31.7 Å². The highest BCUT2D eigenvalue weighted by atomic mass is 32.2. The summed E-state index contributed by atoms with van der Waals surface area (Å²) in [5.41, 5.74) is 1.54. The van der Waals surface area contributed by atoms with E-state index in [0.29, 0.717) is 23.0 Å². The first-order chi connectivity index (χ1) is 9.44. The van der Waals surface area contributed by atoms with Crippen LogP contribution in [0.5, 0.6) is 0 Å². The number of amidine groups is 1. The minimum Gasteiger partial charge on any atom is -0.396 e. The standard InChI is InChI=1S/C13H18N2O3S2/c1-9(2)10-4-5-11-12(8-10)20(17,18)15-13(14-11)19-7-3-6-16/h4-5,8-9,16H,3,6-7H2,1-2H3,(H,14,15). The third-order valence-corrected chi connectivity index (χ3v) is 5.33. The van der Waals surface area contributed by atoms with E-state index in [1.807, 2.05) is 19.9 Å². The Labute approximate surface area is 123 Å². The first kappa shape index (κ1) is 15.3. The Morgan fingerprint density at radius 1 is 1.40 bits per heavy atom. The molecule has 0 saturated heterocycles. The Kier molecular flexibility index (Phi) is 4.72. The zero-order chi connectivity index (χ0) is 14.8. The van der Waals surface area contributed by atoms with E-state index in [-0.39, 0.29) is 17.4 Å². The summed E-state index contributed by atoms with van der Waals surface area (Å²) >= 11 is 1.30. The molecule has 20 heavy (non-hydrogen) atoms. The van der Waals surface area contributed by atoms with Crippen LogP contribution in [-0.4, -0.2) is 31.1 Å². The van der Waals surface area contributed by atoms with Crippen LogP contribution in [0.3, 0.4) is 0 Å². The Bertz CT molecular complexity index is 625. The number of sulfonamides is 1. The van der Waals surface area contributed by atoms with Gasteiger partial charge in [0.2, 0.25) is 0 Å². The molecule has 1 aromatic carbocycles. The van der Waals surface area contributed by atoms with Crippen LogP contribution in [0.25, 0.3) is 0 Å². The van der Waals surface area contributed by atoms with E-state index in [1.54, 1.807) is 12.1 Å². The van der Waals surface area contributed by atoms with Crippen LogP contribution in [0.2, 0.25) is 0 Å². The zero-order valence-corrected chi connectivity index (χ0v) is 13.1. The van der Waals surface area contributed by atoms with E-state index in [1.165, 1.54) is 11.8 Å². The van der Waals surface area contributed by atoms with E-state index < -0.39 is 10.0 Å². The Morgan fingerprint density at radius 2 is 2.15 bits per heavy atom. The summed E-state index contributed by atoms with van der Waals surface area (Å²) < 4.78 is 28.2. The fraction of sp³-hybridized carbons (Fsp3) is 0.462. The third-order valence-electron chi connectivity index (χ3n) is 2.94. The second-order valence-electron chi connectivity index (χ2n) is 4.83. The monoisotopic (exact) mass is 314 g/mol. The smallest absolute Gasteiger partial charge is 0.286 e. The highest BCUT2D eigenvalue weighted by molar-refractivity contribution is 8.14. The molecule has 1 aliphatic heterocycles. The molecule has 7 heteroatoms. The van der Waals surface area contributed by atoms with Gasteiger partial charge in [0.15, 0.2) is 5.17 Å². The maximum atomic E-state index is 12.2. The van der Waals surface area contributed by atoms with Crippen LogP contribution in [0, 0.1) is 0 Å². The van der Waals surface area contributed by atoms with Crippen LogP contribution in [-0.2, 0) is 10.0 Å². The predicted molar refractivity (Wildman–Crippen MR) is 82.9 cm³/mol. The molecule has 0 aromatic heterocycles. The summed E-state index contributed by atoms with van der Waals surface area (Å²) in [5, 5.41) is 12.1. The quantitative estimate of drug-likeness (QED) is 0.834. The molecule has 5 nitrogen and oxygen atoms in total. The molecule has 0 bridgehead atoms. The molecular weight excluding hydrogens is 296 g/mol. The van der Waals surface area contributed by atoms with E-state index in [9.17, 15) is 8.42 Å². The molecule has 0 atom stereocenters. The van der Waals surface area contributed by atoms with Crippen LogP contribution < -0.4 is 5.32 Å². The van der Waals surface area contributed by atoms with Crippen molar-refractivity contribution in [3.8, 4) is 0 Å². The van der Waals surface area contributed by atoms with Crippen molar-refractivity contribution in [2.24, 2.45) is 4.40 Å². The molecule has 0 saturated carbocycles. The van der Waals surface area contributed by atoms with Gasteiger partial charge in [-0.05, 0) is 30.0 Å². The van der Waals surface area contributed by atoms with Crippen LogP contribution >= 0.6 is 11.8 Å². The molecule has 0 unspecified atom stereocenters. The molecule has 0 spiro atoms. The van der Waals surface area contributed by atoms with Crippen molar-refractivity contribution in [2.45, 2.75) is 31.1 Å². The summed E-state index contributed by atoms with van der Waals surface area (Å²) in [4.78, 5) is 0.232. The number of hydrogen-bond acceptors (Lipinski definition) is 5. The van der Waals surface area contributed by atoms with Crippen LogP contribution in [0.4, 0.5) is 5.69 Å². The second-order valence-corrected chi connectivity index (χ2v) is 7.49. The fourth-order valence-corrected chi connectivity index (χ4v) is 4.01. The second kappa shape index (κ2) is 6.15. The van der Waals surface area contributed by atoms with Gasteiger partial charge in [0.25, 0.3) is 10.0 Å². The molecule has 1 heterocycles. The van der Waals surface area contributed by atoms with Crippen molar-refractivity contribution in [2.75, 3.05) is 17.7 Å². The summed E-state index contributed by atoms with van der Waals surface area (Å²) in [6.45, 7) is 4.12. The Morgan fingerprint density at radius 3 is 2.80 bits per heavy atom. The highest BCUT2D eigenvalue weighted by Gasteiger charge is 2.25. The summed E-state index contributed by atoms with van der Waals surface area (Å²) in [6, 6.07) is 5.39. The van der Waals surface area contributed by atoms with Crippen LogP contribution in [0.15, 0.2) is 27.5 Å². The molecule has 0 aliphatic carbocycles. The topological polar surface area (TPSA) is 78.8 Å². The molecule has 0 radical (unpaired) electrons. The minimum absolute atomic E-state index is 0.0847. The van der Waals surface area contributed by atoms with E-state index in [0.717, 1.165) is 5.56 Å². The number of rotatable bonds is 4. The summed E-state index contributed by atoms with van der Waals surface area (Å²) in [5.74, 6) is 0.886. The van der Waals surface area contributed by atoms with Crippen molar-refractivity contribution < 1.29 is 13.5 Å². The number of nitrogens with one attached hydrogen (secondary N) is 1. The molecular formula is C13H18N2O3S2. The summed E-state index contributed by atoms with van der Waals surface area (Å²) in [6.07, 6.45) is 0.602. The van der Waals surface area contributed by atoms with Gasteiger partial charge >= 0.3 is 0 Å². The van der Waals surface area contributed by atoms with E-state index in [2.05, 4.69) is 9.71 Å². The van der Waals surface area contributed by atoms with Gasteiger partial charge in [-0.25, -0.2) is 0 Å². The normalized spacial score (nSPS) is 16.5. The molecule has 2 N–H and O–H groups in total. The first-order valence-electron chi connectivity index (χ1n) is 6.43. The van der Waals surface area contributed by atoms with Gasteiger partial charge in [0.05, 0.1) is 5.69 Å². The molecule has 2 rings (SSSR count). The number of fused-ring (bicyclic) bond motifs is 1. The van der Waals surface area contributed by atoms with Crippen molar-refractivity contribution in [1.82, 2.24) is 0 Å². The number of thioether (sulfide) groups is 1. The van der Waals surface area contributed by atoms with E-state index >= 15 is 0 Å². The van der Waals surface area contributed by atoms with Gasteiger partial charge in [0, 0.05) is 12.4 Å². The Hall–Kier alpha value is -1.05. The van der Waals surface area contributed by atoms with Crippen molar-refractivity contribution in [3.05, 3.63) is 23.8 Å². The first-order valence-corrected chi connectivity index (χ1v) is 8.86. The third kappa shape index (κ3) is 3.34. The zero-order valence-electron chi connectivity index (χ0n) is 11.5. The maximum absolute atomic E-state index is 12.2. The van der Waals surface area contributed by atoms with Gasteiger partial charge in [-0.2, -0.15) is 8.42 Å². The lowest BCUT2D eigenvalue weighted by Crippen LogP contribution is -2.19. The number of benzene rings is 1. The largest absolute Gasteiger partial charge is 0.396 e. The lowest BCUT2D eigenvalue weighted by atomic mass is 10.0. The van der Waals surface area contributed by atoms with Gasteiger partial charge in [0.1, 0.15) is 4.90 Å². The van der Waals surface area contributed by atoms with Crippen molar-refractivity contribution >= 4 is 32.6 Å². The number of anilines is 1. The van der Waals surface area contributed by atoms with Gasteiger partial charge in [-0.3, -0.25) is 0 Å². The predicted octanol–water partition coefficient (Wildman–Crippen LogP) is 2.40. The molecule has 110 valence electrons. The number of nitrogens with zero attached hydrogens (tertiary/aromatic N) is 1. The Balaban J connectivity index is 2.30. The lowest BCUT2D eigenvalue weighted by Gasteiger charge is -2.19. The van der Waals surface area contributed by atoms with Gasteiger partial charge < -0.3 is 10.4 Å². The van der Waals surface area contributed by atoms with Gasteiger partial charge in [-0.15, -0.1) is 4.40 Å². The number of aliphatic hydroxyl groups is 1. The summed E-state index contributed by atoms with van der Waals surface area (Å²) in [7, 11) is -3.64. The number of aliphatic hydroxyl groups excluding tert-OH is 1. The number of hydrogen-bond donors (Lipinski definition) is 2. The molecule has 0 amide bonds. The highest BCUT2D eigenvalue weighted by Crippen LogP contribution is 2.32. The average molecular weight is 314 g/mol. The molecule has 1 aliphatic rings. The van der Waals surface area contributed by atoms with Crippen molar-refractivity contribution in [3.63, 3.8) is 0 Å². The minimum atomic E-state index is -3.64. The van der Waals surface area contributed by atoms with Crippen LogP contribution in [0.1, 0.15) is 31.7 Å². The average Bonchev–Trinajstić information content (AvgIpc) is 2.38. The SMILES string of the molecule is CC(C)c1ccc2c(c1)S(=O)(=O)N=C(SCCCO)N2. The lowest BCUT2D eigenvalue weighted by molar-refractivity contribution is 0.296. The van der Waals surface area contributed by atoms with E-state index in [4.69, 9.17) is 5.11 Å². The maximum Gasteiger partial charge on any atom is 0.286 e. The molecule has 1 aromatic rings. The molecule has 0 fully saturated rings.